The van der Waals surface area contributed by atoms with Crippen molar-refractivity contribution in [1.29, 1.82) is 0 Å². The summed E-state index contributed by atoms with van der Waals surface area (Å²) >= 11 is 0. The van der Waals surface area contributed by atoms with Crippen molar-refractivity contribution in [3.8, 4) is 22.8 Å². The molecule has 1 N–H and O–H groups in total. The maximum Gasteiger partial charge on any atom is 0.573 e. The third kappa shape index (κ3) is 3.94. The molecule has 0 radical (unpaired) electrons. The Labute approximate surface area is 139 Å². The topological polar surface area (TPSA) is 72.5 Å². The summed E-state index contributed by atoms with van der Waals surface area (Å²) in [6.07, 6.45) is -2.04. The minimum absolute atomic E-state index is 0.318. The summed E-state index contributed by atoms with van der Waals surface area (Å²) in [6, 6.07) is 12.3. The molecule has 0 spiro atoms. The van der Waals surface area contributed by atoms with Crippen LogP contribution in [0.1, 0.15) is 5.56 Å². The van der Waals surface area contributed by atoms with Crippen LogP contribution in [0, 0.1) is 0 Å². The SMILES string of the molecule is ON=Cc1ccccc1-c1ncn(-c2ccc(OC(F)(F)F)cc2)n1. The molecule has 3 rings (SSSR count). The Balaban J connectivity index is 1.87. The van der Waals surface area contributed by atoms with Crippen molar-refractivity contribution in [2.24, 2.45) is 5.16 Å². The number of alkyl halides is 3. The van der Waals surface area contributed by atoms with Crippen LogP contribution in [0.2, 0.25) is 0 Å². The van der Waals surface area contributed by atoms with Gasteiger partial charge in [-0.3, -0.25) is 0 Å². The number of hydrogen-bond donors (Lipinski definition) is 1. The fraction of sp³-hybridized carbons (Fsp3) is 0.0625. The van der Waals surface area contributed by atoms with Crippen LogP contribution < -0.4 is 4.74 Å². The Kier molecular flexibility index (Phi) is 4.38. The molecule has 0 saturated heterocycles. The van der Waals surface area contributed by atoms with Gasteiger partial charge in [-0.2, -0.15) is 0 Å². The predicted octanol–water partition coefficient (Wildman–Crippen LogP) is 3.64. The quantitative estimate of drug-likeness (QED) is 0.444. The highest BCUT2D eigenvalue weighted by atomic mass is 19.4. The Morgan fingerprint density at radius 1 is 1.08 bits per heavy atom. The second kappa shape index (κ2) is 6.63. The van der Waals surface area contributed by atoms with Crippen LogP contribution in [-0.2, 0) is 0 Å². The van der Waals surface area contributed by atoms with Crippen molar-refractivity contribution >= 4 is 6.21 Å². The zero-order chi connectivity index (χ0) is 17.9. The first kappa shape index (κ1) is 16.5. The molecule has 6 nitrogen and oxygen atoms in total. The molecule has 0 fully saturated rings. The van der Waals surface area contributed by atoms with E-state index in [-0.39, 0.29) is 5.75 Å². The van der Waals surface area contributed by atoms with Gasteiger partial charge in [-0.05, 0) is 24.3 Å². The lowest BCUT2D eigenvalue weighted by Gasteiger charge is -2.09. The molecule has 0 aliphatic rings. The first-order valence-corrected chi connectivity index (χ1v) is 7.01. The monoisotopic (exact) mass is 348 g/mol. The maximum absolute atomic E-state index is 12.2. The highest BCUT2D eigenvalue weighted by molar-refractivity contribution is 5.88. The largest absolute Gasteiger partial charge is 0.573 e. The molecule has 0 aliphatic heterocycles. The van der Waals surface area contributed by atoms with Crippen LogP contribution in [0.5, 0.6) is 5.75 Å². The van der Waals surface area contributed by atoms with Gasteiger partial charge in [0.2, 0.25) is 0 Å². The molecule has 2 aromatic carbocycles. The minimum Gasteiger partial charge on any atom is -0.411 e. The van der Waals surface area contributed by atoms with E-state index < -0.39 is 6.36 Å². The number of halogens is 3. The number of rotatable bonds is 4. The van der Waals surface area contributed by atoms with Crippen LogP contribution in [-0.4, -0.2) is 32.5 Å². The van der Waals surface area contributed by atoms with Gasteiger partial charge in [0.15, 0.2) is 5.82 Å². The minimum atomic E-state index is -4.74. The fourth-order valence-corrected chi connectivity index (χ4v) is 2.19. The van der Waals surface area contributed by atoms with Crippen molar-refractivity contribution in [2.45, 2.75) is 6.36 Å². The summed E-state index contributed by atoms with van der Waals surface area (Å²) in [5, 5.41) is 16.0. The molecule has 25 heavy (non-hydrogen) atoms. The summed E-state index contributed by atoms with van der Waals surface area (Å²) in [7, 11) is 0. The first-order valence-electron chi connectivity index (χ1n) is 7.01. The van der Waals surface area contributed by atoms with Crippen LogP contribution in [0.25, 0.3) is 17.1 Å². The fourth-order valence-electron chi connectivity index (χ4n) is 2.19. The molecule has 0 aliphatic carbocycles. The molecule has 1 aromatic heterocycles. The molecule has 0 unspecified atom stereocenters. The van der Waals surface area contributed by atoms with Crippen molar-refractivity contribution in [1.82, 2.24) is 14.8 Å². The van der Waals surface area contributed by atoms with Crippen LogP contribution in [0.15, 0.2) is 60.0 Å². The van der Waals surface area contributed by atoms with Crippen LogP contribution in [0.4, 0.5) is 13.2 Å². The van der Waals surface area contributed by atoms with Crippen molar-refractivity contribution < 1.29 is 23.1 Å². The number of ether oxygens (including phenoxy) is 1. The van der Waals surface area contributed by atoms with Crippen molar-refractivity contribution in [2.75, 3.05) is 0 Å². The molecule has 9 heteroatoms. The lowest BCUT2D eigenvalue weighted by Crippen LogP contribution is -2.17. The van der Waals surface area contributed by atoms with Gasteiger partial charge in [-0.15, -0.1) is 18.3 Å². The molecule has 0 amide bonds. The third-order valence-electron chi connectivity index (χ3n) is 3.23. The van der Waals surface area contributed by atoms with E-state index in [9.17, 15) is 13.2 Å². The average Bonchev–Trinajstić information content (AvgIpc) is 3.05. The van der Waals surface area contributed by atoms with E-state index >= 15 is 0 Å². The van der Waals surface area contributed by atoms with E-state index in [1.54, 1.807) is 24.3 Å². The Morgan fingerprint density at radius 3 is 2.48 bits per heavy atom. The Morgan fingerprint density at radius 2 is 1.80 bits per heavy atom. The predicted molar refractivity (Wildman–Crippen MR) is 82.9 cm³/mol. The summed E-state index contributed by atoms with van der Waals surface area (Å²) < 4.78 is 41.8. The summed E-state index contributed by atoms with van der Waals surface area (Å²) in [6.45, 7) is 0. The van der Waals surface area contributed by atoms with E-state index in [0.29, 0.717) is 22.6 Å². The highest BCUT2D eigenvalue weighted by Gasteiger charge is 2.30. The number of hydrogen-bond acceptors (Lipinski definition) is 5. The Hall–Kier alpha value is -3.36. The second-order valence-corrected chi connectivity index (χ2v) is 4.89. The van der Waals surface area contributed by atoms with Gasteiger partial charge in [0.1, 0.15) is 12.1 Å². The molecular weight excluding hydrogens is 337 g/mol. The van der Waals surface area contributed by atoms with Gasteiger partial charge in [-0.25, -0.2) is 9.67 Å². The van der Waals surface area contributed by atoms with Gasteiger partial charge in [0.05, 0.1) is 11.9 Å². The van der Waals surface area contributed by atoms with E-state index in [1.165, 1.54) is 41.5 Å². The highest BCUT2D eigenvalue weighted by Crippen LogP contribution is 2.24. The molecule has 1 heterocycles. The average molecular weight is 348 g/mol. The summed E-state index contributed by atoms with van der Waals surface area (Å²) in [5.41, 5.74) is 1.79. The van der Waals surface area contributed by atoms with E-state index in [0.717, 1.165) is 0 Å². The van der Waals surface area contributed by atoms with E-state index in [4.69, 9.17) is 5.21 Å². The number of benzene rings is 2. The molecule has 0 bridgehead atoms. The lowest BCUT2D eigenvalue weighted by molar-refractivity contribution is -0.274. The van der Waals surface area contributed by atoms with Crippen LogP contribution >= 0.6 is 0 Å². The molecule has 128 valence electrons. The van der Waals surface area contributed by atoms with Gasteiger partial charge in [0, 0.05) is 11.1 Å². The summed E-state index contributed by atoms with van der Waals surface area (Å²) in [5.74, 6) is 0.0622. The maximum atomic E-state index is 12.2. The number of oxime groups is 1. The molecule has 0 atom stereocenters. The number of aromatic nitrogens is 3. The normalized spacial score (nSPS) is 11.8. The second-order valence-electron chi connectivity index (χ2n) is 4.89. The van der Waals surface area contributed by atoms with Crippen LogP contribution in [0.3, 0.4) is 0 Å². The molecular formula is C16H11F3N4O2. The standard InChI is InChI=1S/C16H11F3N4O2/c17-16(18,19)25-13-7-5-12(6-8-13)23-10-20-15(22-23)14-4-2-1-3-11(14)9-21-24/h1-10,24H. The first-order chi connectivity index (χ1) is 12.0. The number of nitrogens with zero attached hydrogens (tertiary/aromatic N) is 4. The molecule has 0 saturated carbocycles. The van der Waals surface area contributed by atoms with Gasteiger partial charge >= 0.3 is 6.36 Å². The lowest BCUT2D eigenvalue weighted by atomic mass is 10.1. The van der Waals surface area contributed by atoms with Gasteiger partial charge in [-0.1, -0.05) is 29.4 Å². The Bertz CT molecular complexity index is 889. The molecule has 3 aromatic rings. The zero-order valence-corrected chi connectivity index (χ0v) is 12.6. The summed E-state index contributed by atoms with van der Waals surface area (Å²) in [4.78, 5) is 4.18. The zero-order valence-electron chi connectivity index (χ0n) is 12.6. The van der Waals surface area contributed by atoms with Gasteiger partial charge in [0.25, 0.3) is 0 Å². The van der Waals surface area contributed by atoms with E-state index in [2.05, 4.69) is 20.0 Å². The smallest absolute Gasteiger partial charge is 0.411 e. The van der Waals surface area contributed by atoms with E-state index in [1.807, 2.05) is 0 Å². The van der Waals surface area contributed by atoms with Crippen molar-refractivity contribution in [3.05, 3.63) is 60.4 Å². The van der Waals surface area contributed by atoms with Gasteiger partial charge < -0.3 is 9.94 Å². The van der Waals surface area contributed by atoms with Crippen molar-refractivity contribution in [3.63, 3.8) is 0 Å². The third-order valence-corrected chi connectivity index (χ3v) is 3.23.